The third-order valence-electron chi connectivity index (χ3n) is 4.60. The van der Waals surface area contributed by atoms with Crippen molar-refractivity contribution >= 4 is 17.6 Å². The molecule has 6 heteroatoms. The van der Waals surface area contributed by atoms with Gasteiger partial charge in [0.05, 0.1) is 25.3 Å². The Morgan fingerprint density at radius 1 is 1.15 bits per heavy atom. The van der Waals surface area contributed by atoms with Crippen LogP contribution in [0.25, 0.3) is 0 Å². The van der Waals surface area contributed by atoms with Gasteiger partial charge in [0, 0.05) is 18.4 Å². The lowest BCUT2D eigenvalue weighted by Crippen LogP contribution is -2.27. The summed E-state index contributed by atoms with van der Waals surface area (Å²) >= 11 is 0. The summed E-state index contributed by atoms with van der Waals surface area (Å²) in [7, 11) is 1.59. The van der Waals surface area contributed by atoms with Crippen molar-refractivity contribution in [3.63, 3.8) is 0 Å². The number of amides is 1. The third-order valence-corrected chi connectivity index (χ3v) is 4.60. The van der Waals surface area contributed by atoms with Crippen molar-refractivity contribution in [2.75, 3.05) is 7.11 Å². The van der Waals surface area contributed by atoms with E-state index >= 15 is 0 Å². The maximum absolute atomic E-state index is 12.7. The molecule has 27 heavy (non-hydrogen) atoms. The molecule has 0 saturated carbocycles. The molecule has 1 N–H and O–H groups in total. The Morgan fingerprint density at radius 2 is 1.85 bits per heavy atom. The standard InChI is InChI=1S/C21H22N2O4/c1-14-7-9-15(10-8-14)17-13-18(16-5-3-4-6-19(16)27-2)23(22-17)20(24)11-12-21(25)26/h3-10,18H,11-13H2,1-2H3,(H,25,26)/t18-/m1/s1. The molecule has 0 fully saturated rings. The van der Waals surface area contributed by atoms with Crippen molar-refractivity contribution in [2.24, 2.45) is 5.10 Å². The molecule has 0 spiro atoms. The Labute approximate surface area is 158 Å². The zero-order valence-electron chi connectivity index (χ0n) is 15.4. The Morgan fingerprint density at radius 3 is 2.52 bits per heavy atom. The quantitative estimate of drug-likeness (QED) is 0.848. The minimum atomic E-state index is -1.00. The number of hydrogen-bond donors (Lipinski definition) is 1. The predicted molar refractivity (Wildman–Crippen MR) is 102 cm³/mol. The van der Waals surface area contributed by atoms with Gasteiger partial charge in [-0.05, 0) is 18.6 Å². The molecule has 0 unspecified atom stereocenters. The van der Waals surface area contributed by atoms with E-state index in [2.05, 4.69) is 5.10 Å². The molecule has 0 aromatic heterocycles. The van der Waals surface area contributed by atoms with E-state index in [1.54, 1.807) is 7.11 Å². The summed E-state index contributed by atoms with van der Waals surface area (Å²) in [5, 5.41) is 14.9. The maximum Gasteiger partial charge on any atom is 0.303 e. The van der Waals surface area contributed by atoms with Gasteiger partial charge in [-0.15, -0.1) is 0 Å². The number of hydrogen-bond acceptors (Lipinski definition) is 4. The van der Waals surface area contributed by atoms with Crippen LogP contribution >= 0.6 is 0 Å². The van der Waals surface area contributed by atoms with E-state index in [1.807, 2.05) is 55.5 Å². The maximum atomic E-state index is 12.7. The van der Waals surface area contributed by atoms with Crippen molar-refractivity contribution in [2.45, 2.75) is 32.2 Å². The van der Waals surface area contributed by atoms with Crippen molar-refractivity contribution in [1.29, 1.82) is 0 Å². The first-order valence-corrected chi connectivity index (χ1v) is 8.81. The van der Waals surface area contributed by atoms with Crippen LogP contribution in [0.2, 0.25) is 0 Å². The van der Waals surface area contributed by atoms with Gasteiger partial charge in [-0.1, -0.05) is 48.0 Å². The number of carbonyl (C=O) groups excluding carboxylic acids is 1. The number of rotatable bonds is 6. The number of nitrogens with zero attached hydrogens (tertiary/aromatic N) is 2. The molecule has 1 aliphatic heterocycles. The lowest BCUT2D eigenvalue weighted by molar-refractivity contribution is -0.141. The molecule has 0 aliphatic carbocycles. The summed E-state index contributed by atoms with van der Waals surface area (Å²) in [5.41, 5.74) is 3.76. The Hall–Kier alpha value is -3.15. The number of carboxylic acid groups (broad SMARTS) is 1. The van der Waals surface area contributed by atoms with Crippen LogP contribution in [0.15, 0.2) is 53.6 Å². The fourth-order valence-electron chi connectivity index (χ4n) is 3.17. The highest BCUT2D eigenvalue weighted by Gasteiger charge is 2.34. The van der Waals surface area contributed by atoms with Crippen LogP contribution in [0.5, 0.6) is 5.75 Å². The average molecular weight is 366 g/mol. The number of carbonyl (C=O) groups is 2. The van der Waals surface area contributed by atoms with Crippen molar-refractivity contribution in [3.05, 3.63) is 65.2 Å². The van der Waals surface area contributed by atoms with E-state index in [0.29, 0.717) is 12.2 Å². The molecule has 1 atom stereocenters. The first kappa shape index (κ1) is 18.6. The van der Waals surface area contributed by atoms with Crippen LogP contribution in [-0.4, -0.2) is 34.8 Å². The van der Waals surface area contributed by atoms with E-state index in [-0.39, 0.29) is 24.8 Å². The van der Waals surface area contributed by atoms with E-state index < -0.39 is 5.97 Å². The highest BCUT2D eigenvalue weighted by Crippen LogP contribution is 2.37. The number of methoxy groups -OCH3 is 1. The van der Waals surface area contributed by atoms with Gasteiger partial charge in [0.2, 0.25) is 5.91 Å². The minimum absolute atomic E-state index is 0.0916. The van der Waals surface area contributed by atoms with Gasteiger partial charge in [-0.2, -0.15) is 5.10 Å². The zero-order valence-corrected chi connectivity index (χ0v) is 15.4. The van der Waals surface area contributed by atoms with Crippen LogP contribution in [0.4, 0.5) is 0 Å². The molecule has 1 amide bonds. The van der Waals surface area contributed by atoms with Gasteiger partial charge in [0.1, 0.15) is 5.75 Å². The monoisotopic (exact) mass is 366 g/mol. The second kappa shape index (κ2) is 8.03. The molecule has 2 aromatic rings. The topological polar surface area (TPSA) is 79.2 Å². The molecule has 140 valence electrons. The lowest BCUT2D eigenvalue weighted by atomic mass is 9.97. The van der Waals surface area contributed by atoms with Crippen molar-refractivity contribution in [1.82, 2.24) is 5.01 Å². The number of carboxylic acids is 1. The molecule has 0 saturated heterocycles. The molecule has 0 radical (unpaired) electrons. The molecule has 6 nitrogen and oxygen atoms in total. The summed E-state index contributed by atoms with van der Waals surface area (Å²) in [6, 6.07) is 15.2. The first-order valence-electron chi connectivity index (χ1n) is 8.81. The van der Waals surface area contributed by atoms with Crippen LogP contribution in [0.1, 0.15) is 42.0 Å². The van der Waals surface area contributed by atoms with Gasteiger partial charge in [-0.25, -0.2) is 5.01 Å². The highest BCUT2D eigenvalue weighted by molar-refractivity contribution is 6.03. The minimum Gasteiger partial charge on any atom is -0.496 e. The van der Waals surface area contributed by atoms with Crippen LogP contribution in [0, 0.1) is 6.92 Å². The second-order valence-electron chi connectivity index (χ2n) is 6.51. The second-order valence-corrected chi connectivity index (χ2v) is 6.51. The van der Waals surface area contributed by atoms with Crippen molar-refractivity contribution < 1.29 is 19.4 Å². The predicted octanol–water partition coefficient (Wildman–Crippen LogP) is 3.55. The molecule has 1 aliphatic rings. The van der Waals surface area contributed by atoms with E-state index in [0.717, 1.165) is 22.4 Å². The van der Waals surface area contributed by atoms with Gasteiger partial charge < -0.3 is 9.84 Å². The average Bonchev–Trinajstić information content (AvgIpc) is 3.11. The first-order chi connectivity index (χ1) is 13.0. The van der Waals surface area contributed by atoms with Crippen LogP contribution in [-0.2, 0) is 9.59 Å². The summed E-state index contributed by atoms with van der Waals surface area (Å²) in [6.07, 6.45) is 0.233. The Bertz CT molecular complexity index is 874. The van der Waals surface area contributed by atoms with Gasteiger partial charge in [0.25, 0.3) is 0 Å². The number of para-hydroxylation sites is 1. The number of aryl methyl sites for hydroxylation is 1. The van der Waals surface area contributed by atoms with E-state index in [9.17, 15) is 9.59 Å². The zero-order chi connectivity index (χ0) is 19.4. The summed E-state index contributed by atoms with van der Waals surface area (Å²) in [6.45, 7) is 2.01. The van der Waals surface area contributed by atoms with E-state index in [1.165, 1.54) is 5.01 Å². The lowest BCUT2D eigenvalue weighted by Gasteiger charge is -2.23. The molecule has 0 bridgehead atoms. The van der Waals surface area contributed by atoms with Gasteiger partial charge in [-0.3, -0.25) is 9.59 Å². The molecule has 1 heterocycles. The smallest absolute Gasteiger partial charge is 0.303 e. The van der Waals surface area contributed by atoms with E-state index in [4.69, 9.17) is 9.84 Å². The van der Waals surface area contributed by atoms with Gasteiger partial charge in [0.15, 0.2) is 0 Å². The summed E-state index contributed by atoms with van der Waals surface area (Å²) in [5.74, 6) is -0.631. The number of hydrazone groups is 1. The summed E-state index contributed by atoms with van der Waals surface area (Å²) < 4.78 is 5.46. The molecule has 2 aromatic carbocycles. The SMILES string of the molecule is COc1ccccc1[C@H]1CC(c2ccc(C)cc2)=NN1C(=O)CCC(=O)O. The number of ether oxygens (including phenoxy) is 1. The third kappa shape index (κ3) is 4.16. The Balaban J connectivity index is 1.94. The fourth-order valence-corrected chi connectivity index (χ4v) is 3.17. The molecular formula is C21H22N2O4. The van der Waals surface area contributed by atoms with Crippen molar-refractivity contribution in [3.8, 4) is 5.75 Å². The van der Waals surface area contributed by atoms with Gasteiger partial charge >= 0.3 is 5.97 Å². The molecular weight excluding hydrogens is 344 g/mol. The van der Waals surface area contributed by atoms with Crippen LogP contribution < -0.4 is 4.74 Å². The largest absolute Gasteiger partial charge is 0.496 e. The number of aliphatic carboxylic acids is 1. The number of benzene rings is 2. The highest BCUT2D eigenvalue weighted by atomic mass is 16.5. The Kier molecular flexibility index (Phi) is 5.54. The fraction of sp³-hybridized carbons (Fsp3) is 0.286. The normalized spacial score (nSPS) is 16.1. The van der Waals surface area contributed by atoms with Crippen LogP contribution in [0.3, 0.4) is 0 Å². The summed E-state index contributed by atoms with van der Waals surface area (Å²) in [4.78, 5) is 23.5. The molecule has 3 rings (SSSR count).